The lowest BCUT2D eigenvalue weighted by Crippen LogP contribution is -2.02. The SMILES string of the molecule is O=C(O)c1cc(Cl)ccc1Nc1ccccc1Br. The third kappa shape index (κ3) is 2.83. The first-order valence-electron chi connectivity index (χ1n) is 5.12. The molecule has 2 rings (SSSR count). The summed E-state index contributed by atoms with van der Waals surface area (Å²) in [5.74, 6) is -1.02. The van der Waals surface area contributed by atoms with E-state index < -0.39 is 5.97 Å². The number of aromatic carboxylic acids is 1. The molecule has 5 heteroatoms. The number of carbonyl (C=O) groups is 1. The number of anilines is 2. The number of hydrogen-bond acceptors (Lipinski definition) is 2. The van der Waals surface area contributed by atoms with E-state index in [-0.39, 0.29) is 5.56 Å². The number of nitrogens with one attached hydrogen (secondary N) is 1. The molecule has 92 valence electrons. The molecule has 0 unspecified atom stereocenters. The Bertz CT molecular complexity index is 601. The Morgan fingerprint density at radius 2 is 1.89 bits per heavy atom. The summed E-state index contributed by atoms with van der Waals surface area (Å²) in [6, 6.07) is 12.2. The second-order valence-corrected chi connectivity index (χ2v) is 4.89. The van der Waals surface area contributed by atoms with Crippen LogP contribution in [0.5, 0.6) is 0 Å². The average molecular weight is 327 g/mol. The molecular formula is C13H9BrClNO2. The van der Waals surface area contributed by atoms with Gasteiger partial charge in [-0.2, -0.15) is 0 Å². The Hall–Kier alpha value is -1.52. The van der Waals surface area contributed by atoms with Crippen LogP contribution in [-0.4, -0.2) is 11.1 Å². The van der Waals surface area contributed by atoms with Gasteiger partial charge in [-0.05, 0) is 46.3 Å². The van der Waals surface area contributed by atoms with Gasteiger partial charge in [-0.3, -0.25) is 0 Å². The van der Waals surface area contributed by atoms with Crippen LogP contribution in [0, 0.1) is 0 Å². The molecule has 0 radical (unpaired) electrons. The van der Waals surface area contributed by atoms with Crippen molar-refractivity contribution in [3.8, 4) is 0 Å². The minimum atomic E-state index is -1.02. The zero-order valence-corrected chi connectivity index (χ0v) is 11.5. The normalized spacial score (nSPS) is 10.1. The molecule has 0 aliphatic carbocycles. The highest BCUT2D eigenvalue weighted by molar-refractivity contribution is 9.10. The molecule has 0 fully saturated rings. The lowest BCUT2D eigenvalue weighted by atomic mass is 10.1. The number of carboxylic acids is 1. The Kier molecular flexibility index (Phi) is 3.89. The molecule has 0 bridgehead atoms. The highest BCUT2D eigenvalue weighted by atomic mass is 79.9. The van der Waals surface area contributed by atoms with E-state index in [0.29, 0.717) is 10.7 Å². The highest BCUT2D eigenvalue weighted by Crippen LogP contribution is 2.28. The molecule has 0 saturated carbocycles. The van der Waals surface area contributed by atoms with E-state index in [1.807, 2.05) is 24.3 Å². The molecule has 0 saturated heterocycles. The lowest BCUT2D eigenvalue weighted by Gasteiger charge is -2.11. The standard InChI is InChI=1S/C13H9BrClNO2/c14-10-3-1-2-4-12(10)16-11-6-5-8(15)7-9(11)13(17)18/h1-7,16H,(H,17,18). The van der Waals surface area contributed by atoms with Crippen molar-refractivity contribution >= 4 is 44.9 Å². The summed E-state index contributed by atoms with van der Waals surface area (Å²) >= 11 is 9.19. The molecule has 0 atom stereocenters. The molecule has 2 aromatic carbocycles. The first-order valence-corrected chi connectivity index (χ1v) is 6.29. The van der Waals surface area contributed by atoms with Crippen molar-refractivity contribution in [2.24, 2.45) is 0 Å². The quantitative estimate of drug-likeness (QED) is 0.870. The van der Waals surface area contributed by atoms with Crippen LogP contribution in [0.25, 0.3) is 0 Å². The van der Waals surface area contributed by atoms with Crippen molar-refractivity contribution in [2.75, 3.05) is 5.32 Å². The van der Waals surface area contributed by atoms with Crippen LogP contribution in [0.2, 0.25) is 5.02 Å². The van der Waals surface area contributed by atoms with Crippen LogP contribution >= 0.6 is 27.5 Å². The molecule has 3 nitrogen and oxygen atoms in total. The van der Waals surface area contributed by atoms with E-state index in [0.717, 1.165) is 10.2 Å². The van der Waals surface area contributed by atoms with E-state index in [1.165, 1.54) is 6.07 Å². The third-order valence-corrected chi connectivity index (χ3v) is 3.28. The van der Waals surface area contributed by atoms with Gasteiger partial charge in [0, 0.05) is 9.50 Å². The minimum absolute atomic E-state index is 0.137. The summed E-state index contributed by atoms with van der Waals surface area (Å²) in [5.41, 5.74) is 1.43. The molecule has 2 N–H and O–H groups in total. The molecule has 18 heavy (non-hydrogen) atoms. The van der Waals surface area contributed by atoms with Gasteiger partial charge < -0.3 is 10.4 Å². The van der Waals surface area contributed by atoms with Gasteiger partial charge >= 0.3 is 5.97 Å². The van der Waals surface area contributed by atoms with Crippen LogP contribution in [0.4, 0.5) is 11.4 Å². The predicted octanol–water partition coefficient (Wildman–Crippen LogP) is 4.54. The zero-order valence-electron chi connectivity index (χ0n) is 9.15. The lowest BCUT2D eigenvalue weighted by molar-refractivity contribution is 0.0698. The molecule has 0 spiro atoms. The Morgan fingerprint density at radius 1 is 1.17 bits per heavy atom. The van der Waals surface area contributed by atoms with Gasteiger partial charge in [-0.15, -0.1) is 0 Å². The predicted molar refractivity (Wildman–Crippen MR) is 75.8 cm³/mol. The Labute approximate surface area is 118 Å². The second kappa shape index (κ2) is 5.42. The van der Waals surface area contributed by atoms with Crippen molar-refractivity contribution in [1.82, 2.24) is 0 Å². The maximum Gasteiger partial charge on any atom is 0.337 e. The first kappa shape index (κ1) is 12.9. The van der Waals surface area contributed by atoms with Crippen LogP contribution in [-0.2, 0) is 0 Å². The molecule has 0 aromatic heterocycles. The van der Waals surface area contributed by atoms with Gasteiger partial charge in [0.15, 0.2) is 0 Å². The molecule has 0 amide bonds. The number of benzene rings is 2. The summed E-state index contributed by atoms with van der Waals surface area (Å²) in [5, 5.41) is 12.6. The summed E-state index contributed by atoms with van der Waals surface area (Å²) in [7, 11) is 0. The van der Waals surface area contributed by atoms with Crippen LogP contribution < -0.4 is 5.32 Å². The van der Waals surface area contributed by atoms with E-state index in [2.05, 4.69) is 21.2 Å². The third-order valence-electron chi connectivity index (χ3n) is 2.36. The number of halogens is 2. The second-order valence-electron chi connectivity index (χ2n) is 3.60. The fourth-order valence-electron chi connectivity index (χ4n) is 1.51. The first-order chi connectivity index (χ1) is 8.58. The summed E-state index contributed by atoms with van der Waals surface area (Å²) in [6.45, 7) is 0. The van der Waals surface area contributed by atoms with Crippen LogP contribution in [0.3, 0.4) is 0 Å². The van der Waals surface area contributed by atoms with Crippen LogP contribution in [0.15, 0.2) is 46.9 Å². The van der Waals surface area contributed by atoms with Gasteiger partial charge in [-0.1, -0.05) is 23.7 Å². The van der Waals surface area contributed by atoms with Gasteiger partial charge in [-0.25, -0.2) is 4.79 Å². The minimum Gasteiger partial charge on any atom is -0.478 e. The van der Waals surface area contributed by atoms with Crippen molar-refractivity contribution in [1.29, 1.82) is 0 Å². The molecular weight excluding hydrogens is 318 g/mol. The highest BCUT2D eigenvalue weighted by Gasteiger charge is 2.11. The van der Waals surface area contributed by atoms with Crippen molar-refractivity contribution < 1.29 is 9.90 Å². The number of para-hydroxylation sites is 1. The Morgan fingerprint density at radius 3 is 2.56 bits per heavy atom. The van der Waals surface area contributed by atoms with E-state index in [4.69, 9.17) is 16.7 Å². The van der Waals surface area contributed by atoms with Gasteiger partial charge in [0.1, 0.15) is 0 Å². The van der Waals surface area contributed by atoms with Gasteiger partial charge in [0.25, 0.3) is 0 Å². The number of rotatable bonds is 3. The monoisotopic (exact) mass is 325 g/mol. The fourth-order valence-corrected chi connectivity index (χ4v) is 2.07. The van der Waals surface area contributed by atoms with Crippen LogP contribution in [0.1, 0.15) is 10.4 Å². The summed E-state index contributed by atoms with van der Waals surface area (Å²) in [4.78, 5) is 11.1. The summed E-state index contributed by atoms with van der Waals surface area (Å²) < 4.78 is 0.858. The molecule has 0 aliphatic heterocycles. The molecule has 2 aromatic rings. The van der Waals surface area contributed by atoms with Gasteiger partial charge in [0.2, 0.25) is 0 Å². The largest absolute Gasteiger partial charge is 0.478 e. The van der Waals surface area contributed by atoms with E-state index in [1.54, 1.807) is 12.1 Å². The average Bonchev–Trinajstić information content (AvgIpc) is 2.34. The smallest absolute Gasteiger partial charge is 0.337 e. The maximum absolute atomic E-state index is 11.1. The number of carboxylic acid groups (broad SMARTS) is 1. The van der Waals surface area contributed by atoms with E-state index in [9.17, 15) is 4.79 Å². The zero-order chi connectivity index (χ0) is 13.1. The van der Waals surface area contributed by atoms with Crippen molar-refractivity contribution in [2.45, 2.75) is 0 Å². The van der Waals surface area contributed by atoms with E-state index >= 15 is 0 Å². The van der Waals surface area contributed by atoms with Crippen molar-refractivity contribution in [3.05, 3.63) is 57.5 Å². The Balaban J connectivity index is 2.41. The topological polar surface area (TPSA) is 49.3 Å². The molecule has 0 heterocycles. The number of hydrogen-bond donors (Lipinski definition) is 2. The summed E-state index contributed by atoms with van der Waals surface area (Å²) in [6.07, 6.45) is 0. The fraction of sp³-hybridized carbons (Fsp3) is 0. The van der Waals surface area contributed by atoms with Crippen molar-refractivity contribution in [3.63, 3.8) is 0 Å². The van der Waals surface area contributed by atoms with Gasteiger partial charge in [0.05, 0.1) is 16.9 Å². The maximum atomic E-state index is 11.1. The molecule has 0 aliphatic rings.